The molecule has 0 saturated carbocycles. The first kappa shape index (κ1) is 17.3. The van der Waals surface area contributed by atoms with E-state index in [4.69, 9.17) is 10.4 Å². The van der Waals surface area contributed by atoms with E-state index in [2.05, 4.69) is 31.2 Å². The molecule has 0 amide bonds. The third-order valence-corrected chi connectivity index (χ3v) is 4.75. The first-order chi connectivity index (χ1) is 12.0. The third-order valence-electron chi connectivity index (χ3n) is 3.99. The van der Waals surface area contributed by atoms with Gasteiger partial charge in [-0.3, -0.25) is 4.90 Å². The Labute approximate surface area is 149 Å². The number of aryl methyl sites for hydroxylation is 1. The van der Waals surface area contributed by atoms with Crippen molar-refractivity contribution in [2.45, 2.75) is 25.7 Å². The van der Waals surface area contributed by atoms with E-state index in [1.165, 1.54) is 16.7 Å². The summed E-state index contributed by atoms with van der Waals surface area (Å²) in [5, 5.41) is 22.9. The maximum absolute atomic E-state index is 10.9. The van der Waals surface area contributed by atoms with Gasteiger partial charge in [0.2, 0.25) is 0 Å². The van der Waals surface area contributed by atoms with Crippen molar-refractivity contribution in [3.05, 3.63) is 28.7 Å². The smallest absolute Gasteiger partial charge is 0.355 e. The summed E-state index contributed by atoms with van der Waals surface area (Å²) in [6.07, 6.45) is 2.01. The predicted octanol–water partition coefficient (Wildman–Crippen LogP) is 2.39. The van der Waals surface area contributed by atoms with E-state index in [0.717, 1.165) is 37.4 Å². The molecule has 0 aliphatic carbocycles. The molecular weight excluding hydrogens is 340 g/mol. The van der Waals surface area contributed by atoms with Crippen LogP contribution < -0.4 is 5.32 Å². The molecule has 1 saturated heterocycles. The molecule has 1 aliphatic rings. The number of carboxylic acids is 1. The van der Waals surface area contributed by atoms with Gasteiger partial charge >= 0.3 is 5.97 Å². The van der Waals surface area contributed by atoms with Crippen molar-refractivity contribution in [1.82, 2.24) is 19.9 Å². The lowest BCUT2D eigenvalue weighted by Gasteiger charge is -2.30. The Bertz CT molecular complexity index is 815. The van der Waals surface area contributed by atoms with E-state index in [1.807, 2.05) is 6.92 Å². The minimum absolute atomic E-state index is 0.0120. The van der Waals surface area contributed by atoms with Gasteiger partial charge in [0.25, 0.3) is 0 Å². The number of thiazole rings is 1. The molecule has 1 aliphatic heterocycles. The average Bonchev–Trinajstić information content (AvgIpc) is 3.04. The highest BCUT2D eigenvalue weighted by Crippen LogP contribution is 2.27. The normalized spacial score (nSPS) is 17.8. The number of rotatable bonds is 5. The minimum atomic E-state index is -1.05. The van der Waals surface area contributed by atoms with Crippen LogP contribution in [0.15, 0.2) is 11.4 Å². The second kappa shape index (κ2) is 7.55. The fraction of sp³-hybridized carbons (Fsp3) is 0.438. The Balaban J connectivity index is 1.78. The molecule has 2 aromatic heterocycles. The molecule has 3 heterocycles. The second-order valence-electron chi connectivity index (χ2n) is 5.95. The van der Waals surface area contributed by atoms with E-state index in [-0.39, 0.29) is 11.6 Å². The Morgan fingerprint density at radius 3 is 3.08 bits per heavy atom. The van der Waals surface area contributed by atoms with Crippen LogP contribution in [0.25, 0.3) is 0 Å². The summed E-state index contributed by atoms with van der Waals surface area (Å²) < 4.78 is 0. The van der Waals surface area contributed by atoms with Crippen LogP contribution in [0.5, 0.6) is 0 Å². The first-order valence-corrected chi connectivity index (χ1v) is 8.84. The molecule has 9 heteroatoms. The van der Waals surface area contributed by atoms with E-state index >= 15 is 0 Å². The fourth-order valence-electron chi connectivity index (χ4n) is 2.89. The summed E-state index contributed by atoms with van der Waals surface area (Å²) >= 11 is 1.22. The predicted molar refractivity (Wildman–Crippen MR) is 93.2 cm³/mol. The van der Waals surface area contributed by atoms with Crippen LogP contribution in [0.2, 0.25) is 0 Å². The number of anilines is 2. The molecule has 3 rings (SSSR count). The number of nitrogens with one attached hydrogen (secondary N) is 1. The number of nitrogens with zero attached hydrogens (tertiary/aromatic N) is 5. The summed E-state index contributed by atoms with van der Waals surface area (Å²) in [6.45, 7) is 4.02. The number of hydrogen-bond acceptors (Lipinski definition) is 8. The van der Waals surface area contributed by atoms with Crippen LogP contribution in [0, 0.1) is 18.3 Å². The van der Waals surface area contributed by atoms with Gasteiger partial charge in [0.05, 0.1) is 12.6 Å². The highest BCUT2D eigenvalue weighted by molar-refractivity contribution is 7.14. The van der Waals surface area contributed by atoms with Crippen molar-refractivity contribution in [2.24, 2.45) is 0 Å². The van der Waals surface area contributed by atoms with Gasteiger partial charge in [-0.15, -0.1) is 11.3 Å². The number of carboxylic acid groups (broad SMARTS) is 1. The lowest BCUT2D eigenvalue weighted by atomic mass is 9.97. The van der Waals surface area contributed by atoms with Gasteiger partial charge in [-0.25, -0.2) is 19.7 Å². The molecule has 8 nitrogen and oxygen atoms in total. The van der Waals surface area contributed by atoms with Gasteiger partial charge in [-0.2, -0.15) is 5.26 Å². The Kier molecular flexibility index (Phi) is 5.21. The second-order valence-corrected chi connectivity index (χ2v) is 6.81. The molecule has 25 heavy (non-hydrogen) atoms. The van der Waals surface area contributed by atoms with Crippen LogP contribution in [-0.2, 0) is 0 Å². The van der Waals surface area contributed by atoms with Crippen molar-refractivity contribution in [2.75, 3.05) is 25.0 Å². The van der Waals surface area contributed by atoms with Crippen molar-refractivity contribution in [3.63, 3.8) is 0 Å². The number of aromatic carboxylic acids is 1. The van der Waals surface area contributed by atoms with Crippen molar-refractivity contribution >= 4 is 28.3 Å². The third kappa shape index (κ3) is 4.29. The summed E-state index contributed by atoms with van der Waals surface area (Å²) in [6, 6.07) is 4.00. The first-order valence-electron chi connectivity index (χ1n) is 7.96. The molecular formula is C16H18N6O2S. The molecule has 0 spiro atoms. The van der Waals surface area contributed by atoms with Crippen LogP contribution in [-0.4, -0.2) is 50.6 Å². The SMILES string of the molecule is Cc1cc(Nc2nc(C(=O)O)cs2)nc([C@@H]2CCCN(CC#N)C2)n1. The minimum Gasteiger partial charge on any atom is -0.476 e. The molecule has 1 atom stereocenters. The van der Waals surface area contributed by atoms with E-state index < -0.39 is 5.97 Å². The average molecular weight is 358 g/mol. The van der Waals surface area contributed by atoms with Crippen LogP contribution in [0.4, 0.5) is 10.9 Å². The van der Waals surface area contributed by atoms with Gasteiger partial charge in [0.15, 0.2) is 10.8 Å². The van der Waals surface area contributed by atoms with E-state index in [1.54, 1.807) is 6.07 Å². The lowest BCUT2D eigenvalue weighted by Crippen LogP contribution is -2.35. The summed E-state index contributed by atoms with van der Waals surface area (Å²) in [4.78, 5) is 26.2. The Morgan fingerprint density at radius 1 is 1.52 bits per heavy atom. The van der Waals surface area contributed by atoms with E-state index in [0.29, 0.717) is 17.5 Å². The molecule has 0 radical (unpaired) electrons. The lowest BCUT2D eigenvalue weighted by molar-refractivity contribution is 0.0691. The van der Waals surface area contributed by atoms with Gasteiger partial charge in [0, 0.05) is 29.6 Å². The van der Waals surface area contributed by atoms with E-state index in [9.17, 15) is 4.79 Å². The largest absolute Gasteiger partial charge is 0.476 e. The molecule has 2 aromatic rings. The number of piperidine rings is 1. The molecule has 0 unspecified atom stereocenters. The van der Waals surface area contributed by atoms with Gasteiger partial charge in [-0.1, -0.05) is 0 Å². The number of nitriles is 1. The van der Waals surface area contributed by atoms with Crippen LogP contribution >= 0.6 is 11.3 Å². The van der Waals surface area contributed by atoms with Crippen molar-refractivity contribution in [1.29, 1.82) is 5.26 Å². The topological polar surface area (TPSA) is 115 Å². The standard InChI is InChI=1S/C16H18N6O2S/c1-10-7-13(21-16-19-12(9-25-16)15(23)24)20-14(18-10)11-3-2-5-22(8-11)6-4-17/h7,9,11H,2-3,5-6,8H2,1H3,(H,23,24)(H,18,19,20,21)/t11-/m1/s1. The van der Waals surface area contributed by atoms with Crippen LogP contribution in [0.3, 0.4) is 0 Å². The zero-order valence-corrected chi connectivity index (χ0v) is 14.6. The number of hydrogen-bond donors (Lipinski definition) is 2. The summed E-state index contributed by atoms with van der Waals surface area (Å²) in [5.41, 5.74) is 0.845. The maximum atomic E-state index is 10.9. The fourth-order valence-corrected chi connectivity index (χ4v) is 3.58. The van der Waals surface area contributed by atoms with Gasteiger partial charge in [0.1, 0.15) is 11.6 Å². The van der Waals surface area contributed by atoms with Crippen molar-refractivity contribution < 1.29 is 9.90 Å². The quantitative estimate of drug-likeness (QED) is 0.783. The molecule has 130 valence electrons. The van der Waals surface area contributed by atoms with Gasteiger partial charge < -0.3 is 10.4 Å². The summed E-state index contributed by atoms with van der Waals surface area (Å²) in [5.74, 6) is 0.489. The molecule has 0 aromatic carbocycles. The highest BCUT2D eigenvalue weighted by atomic mass is 32.1. The summed E-state index contributed by atoms with van der Waals surface area (Å²) in [7, 11) is 0. The number of aromatic nitrogens is 3. The highest BCUT2D eigenvalue weighted by Gasteiger charge is 2.24. The van der Waals surface area contributed by atoms with Crippen LogP contribution in [0.1, 0.15) is 40.8 Å². The van der Waals surface area contributed by atoms with Crippen molar-refractivity contribution in [3.8, 4) is 6.07 Å². The Hall–Kier alpha value is -2.57. The van der Waals surface area contributed by atoms with Gasteiger partial charge in [-0.05, 0) is 26.3 Å². The molecule has 0 bridgehead atoms. The monoisotopic (exact) mass is 358 g/mol. The maximum Gasteiger partial charge on any atom is 0.355 e. The zero-order valence-electron chi connectivity index (χ0n) is 13.8. The molecule has 2 N–H and O–H groups in total. The molecule has 1 fully saturated rings. The number of likely N-dealkylation sites (tertiary alicyclic amines) is 1. The number of carbonyl (C=O) groups is 1. The zero-order chi connectivity index (χ0) is 17.8. The Morgan fingerprint density at radius 2 is 2.36 bits per heavy atom.